The molecule has 3 nitrogen and oxygen atoms in total. The SMILES string of the molecule is CC(C)=C(C#N)OC1CCCCO1. The molecule has 0 aromatic heterocycles. The van der Waals surface area contributed by atoms with E-state index in [1.165, 1.54) is 0 Å². The van der Waals surface area contributed by atoms with Crippen LogP contribution in [0.4, 0.5) is 0 Å². The minimum Gasteiger partial charge on any atom is -0.455 e. The largest absolute Gasteiger partial charge is 0.455 e. The van der Waals surface area contributed by atoms with Crippen LogP contribution < -0.4 is 0 Å². The fraction of sp³-hybridized carbons (Fsp3) is 0.700. The predicted octanol–water partition coefficient (Wildman–Crippen LogP) is 2.35. The van der Waals surface area contributed by atoms with E-state index in [4.69, 9.17) is 14.7 Å². The van der Waals surface area contributed by atoms with Gasteiger partial charge in [-0.05, 0) is 32.3 Å². The van der Waals surface area contributed by atoms with E-state index in [-0.39, 0.29) is 6.29 Å². The van der Waals surface area contributed by atoms with Gasteiger partial charge in [0.15, 0.2) is 5.76 Å². The predicted molar refractivity (Wildman–Crippen MR) is 48.7 cm³/mol. The van der Waals surface area contributed by atoms with Crippen molar-refractivity contribution in [2.24, 2.45) is 0 Å². The molecule has 0 N–H and O–H groups in total. The van der Waals surface area contributed by atoms with Crippen molar-refractivity contribution in [1.82, 2.24) is 0 Å². The van der Waals surface area contributed by atoms with Crippen molar-refractivity contribution < 1.29 is 9.47 Å². The third-order valence-electron chi connectivity index (χ3n) is 1.94. The second kappa shape index (κ2) is 4.88. The highest BCUT2D eigenvalue weighted by Crippen LogP contribution is 2.17. The van der Waals surface area contributed by atoms with E-state index in [0.717, 1.165) is 31.4 Å². The summed E-state index contributed by atoms with van der Waals surface area (Å²) < 4.78 is 10.8. The highest BCUT2D eigenvalue weighted by atomic mass is 16.7. The first kappa shape index (κ1) is 10.1. The van der Waals surface area contributed by atoms with E-state index in [2.05, 4.69) is 0 Å². The summed E-state index contributed by atoms with van der Waals surface area (Å²) in [6.07, 6.45) is 2.89. The minimum atomic E-state index is -0.210. The Kier molecular flexibility index (Phi) is 3.78. The van der Waals surface area contributed by atoms with Crippen LogP contribution in [0, 0.1) is 11.3 Å². The molecule has 0 aromatic carbocycles. The van der Waals surface area contributed by atoms with Gasteiger partial charge in [-0.25, -0.2) is 0 Å². The molecule has 1 heterocycles. The zero-order chi connectivity index (χ0) is 9.68. The standard InChI is InChI=1S/C10H15NO2/c1-8(2)9(7-11)13-10-5-3-4-6-12-10/h10H,3-6H2,1-2H3. The Bertz CT molecular complexity index is 230. The maximum Gasteiger partial charge on any atom is 0.200 e. The lowest BCUT2D eigenvalue weighted by Crippen LogP contribution is -2.22. The summed E-state index contributed by atoms with van der Waals surface area (Å²) >= 11 is 0. The number of hydrogen-bond donors (Lipinski definition) is 0. The molecular formula is C10H15NO2. The quantitative estimate of drug-likeness (QED) is 0.485. The second-order valence-electron chi connectivity index (χ2n) is 3.35. The van der Waals surface area contributed by atoms with Gasteiger partial charge in [0.05, 0.1) is 6.61 Å². The van der Waals surface area contributed by atoms with Crippen molar-refractivity contribution in [3.05, 3.63) is 11.3 Å². The van der Waals surface area contributed by atoms with Crippen molar-refractivity contribution in [3.63, 3.8) is 0 Å². The number of rotatable bonds is 2. The summed E-state index contributed by atoms with van der Waals surface area (Å²) in [6, 6.07) is 2.03. The van der Waals surface area contributed by atoms with E-state index < -0.39 is 0 Å². The van der Waals surface area contributed by atoms with E-state index in [0.29, 0.717) is 5.76 Å². The molecule has 1 rings (SSSR count). The Hall–Kier alpha value is -1.01. The Morgan fingerprint density at radius 3 is 2.69 bits per heavy atom. The lowest BCUT2D eigenvalue weighted by atomic mass is 10.2. The topological polar surface area (TPSA) is 42.2 Å². The Morgan fingerprint density at radius 1 is 1.46 bits per heavy atom. The average Bonchev–Trinajstić information content (AvgIpc) is 2.15. The maximum absolute atomic E-state index is 8.74. The Balaban J connectivity index is 2.47. The van der Waals surface area contributed by atoms with Crippen molar-refractivity contribution >= 4 is 0 Å². The highest BCUT2D eigenvalue weighted by molar-refractivity contribution is 5.18. The lowest BCUT2D eigenvalue weighted by Gasteiger charge is -2.23. The third-order valence-corrected chi connectivity index (χ3v) is 1.94. The highest BCUT2D eigenvalue weighted by Gasteiger charge is 2.16. The smallest absolute Gasteiger partial charge is 0.200 e. The molecule has 1 aliphatic rings. The summed E-state index contributed by atoms with van der Waals surface area (Å²) in [6.45, 7) is 4.47. The van der Waals surface area contributed by atoms with Crippen LogP contribution >= 0.6 is 0 Å². The average molecular weight is 181 g/mol. The first-order valence-electron chi connectivity index (χ1n) is 4.60. The molecule has 0 aliphatic carbocycles. The zero-order valence-corrected chi connectivity index (χ0v) is 8.17. The molecule has 0 radical (unpaired) electrons. The minimum absolute atomic E-state index is 0.210. The van der Waals surface area contributed by atoms with Gasteiger partial charge in [-0.3, -0.25) is 0 Å². The maximum atomic E-state index is 8.74. The lowest BCUT2D eigenvalue weighted by molar-refractivity contribution is -0.135. The molecule has 1 unspecified atom stereocenters. The number of nitriles is 1. The van der Waals surface area contributed by atoms with Gasteiger partial charge in [-0.1, -0.05) is 0 Å². The van der Waals surface area contributed by atoms with Gasteiger partial charge in [-0.2, -0.15) is 5.26 Å². The van der Waals surface area contributed by atoms with Crippen molar-refractivity contribution in [1.29, 1.82) is 5.26 Å². The molecule has 1 atom stereocenters. The van der Waals surface area contributed by atoms with Crippen LogP contribution in [0.1, 0.15) is 33.1 Å². The van der Waals surface area contributed by atoms with Crippen LogP contribution in [-0.4, -0.2) is 12.9 Å². The number of ether oxygens (including phenoxy) is 2. The molecular weight excluding hydrogens is 166 g/mol. The van der Waals surface area contributed by atoms with Crippen LogP contribution in [0.5, 0.6) is 0 Å². The first-order chi connectivity index (χ1) is 6.24. The summed E-state index contributed by atoms with van der Waals surface area (Å²) in [7, 11) is 0. The van der Waals surface area contributed by atoms with Crippen LogP contribution in [-0.2, 0) is 9.47 Å². The van der Waals surface area contributed by atoms with E-state index in [9.17, 15) is 0 Å². The van der Waals surface area contributed by atoms with Crippen molar-refractivity contribution in [2.45, 2.75) is 39.4 Å². The normalized spacial score (nSPS) is 21.8. The molecule has 72 valence electrons. The van der Waals surface area contributed by atoms with Gasteiger partial charge < -0.3 is 9.47 Å². The molecule has 0 saturated carbocycles. The van der Waals surface area contributed by atoms with Gasteiger partial charge in [0.2, 0.25) is 6.29 Å². The zero-order valence-electron chi connectivity index (χ0n) is 8.17. The molecule has 0 spiro atoms. The van der Waals surface area contributed by atoms with Gasteiger partial charge in [0.1, 0.15) is 6.07 Å². The van der Waals surface area contributed by atoms with Crippen molar-refractivity contribution in [3.8, 4) is 6.07 Å². The third kappa shape index (κ3) is 3.08. The number of hydrogen-bond acceptors (Lipinski definition) is 3. The fourth-order valence-corrected chi connectivity index (χ4v) is 1.19. The molecule has 13 heavy (non-hydrogen) atoms. The molecule has 1 fully saturated rings. The van der Waals surface area contributed by atoms with E-state index in [1.807, 2.05) is 19.9 Å². The van der Waals surface area contributed by atoms with Crippen LogP contribution in [0.2, 0.25) is 0 Å². The Morgan fingerprint density at radius 2 is 2.23 bits per heavy atom. The summed E-state index contributed by atoms with van der Waals surface area (Å²) in [5.74, 6) is 0.395. The van der Waals surface area contributed by atoms with Crippen LogP contribution in [0.25, 0.3) is 0 Å². The summed E-state index contributed by atoms with van der Waals surface area (Å²) in [4.78, 5) is 0. The van der Waals surface area contributed by atoms with Gasteiger partial charge >= 0.3 is 0 Å². The van der Waals surface area contributed by atoms with Crippen LogP contribution in [0.15, 0.2) is 11.3 Å². The molecule has 3 heteroatoms. The molecule has 0 amide bonds. The monoisotopic (exact) mass is 181 g/mol. The summed E-state index contributed by atoms with van der Waals surface area (Å²) in [5, 5.41) is 8.74. The second-order valence-corrected chi connectivity index (χ2v) is 3.35. The number of allylic oxidation sites excluding steroid dienone is 2. The van der Waals surface area contributed by atoms with Crippen molar-refractivity contribution in [2.75, 3.05) is 6.61 Å². The Labute approximate surface area is 78.9 Å². The van der Waals surface area contributed by atoms with Crippen LogP contribution in [0.3, 0.4) is 0 Å². The number of nitrogens with zero attached hydrogens (tertiary/aromatic N) is 1. The van der Waals surface area contributed by atoms with Gasteiger partial charge in [-0.15, -0.1) is 0 Å². The van der Waals surface area contributed by atoms with Gasteiger partial charge in [0, 0.05) is 6.42 Å². The van der Waals surface area contributed by atoms with Gasteiger partial charge in [0.25, 0.3) is 0 Å². The fourth-order valence-electron chi connectivity index (χ4n) is 1.19. The molecule has 0 aromatic rings. The first-order valence-corrected chi connectivity index (χ1v) is 4.60. The summed E-state index contributed by atoms with van der Waals surface area (Å²) in [5.41, 5.74) is 0.900. The molecule has 1 saturated heterocycles. The molecule has 1 aliphatic heterocycles. The van der Waals surface area contributed by atoms with E-state index in [1.54, 1.807) is 0 Å². The van der Waals surface area contributed by atoms with E-state index >= 15 is 0 Å². The molecule has 0 bridgehead atoms.